The maximum atomic E-state index is 9.03. The summed E-state index contributed by atoms with van der Waals surface area (Å²) in [4.78, 5) is 8.31. The Morgan fingerprint density at radius 2 is 2.10 bits per heavy atom. The molecule has 21 heavy (non-hydrogen) atoms. The number of nitrogen functional groups attached to an aromatic ring is 1. The number of nitriles is 1. The molecule has 1 heterocycles. The number of benzene rings is 2. The molecular weight excluding hydrogens is 264 g/mol. The van der Waals surface area contributed by atoms with Crippen molar-refractivity contribution in [3.63, 3.8) is 0 Å². The Bertz CT molecular complexity index is 868. The Labute approximate surface area is 121 Å². The number of aromatic nitrogens is 2. The SMILES string of the molecule is COc1ccc(-c2cccc(C#N)c2)c2cnc(N)nc12. The molecule has 0 unspecified atom stereocenters. The number of hydrogen-bond acceptors (Lipinski definition) is 5. The first kappa shape index (κ1) is 12.9. The maximum Gasteiger partial charge on any atom is 0.220 e. The molecule has 5 heteroatoms. The van der Waals surface area contributed by atoms with Crippen LogP contribution in [0, 0.1) is 11.3 Å². The highest BCUT2D eigenvalue weighted by atomic mass is 16.5. The van der Waals surface area contributed by atoms with Gasteiger partial charge in [0.1, 0.15) is 11.3 Å². The lowest BCUT2D eigenvalue weighted by Gasteiger charge is -2.10. The molecule has 5 nitrogen and oxygen atoms in total. The number of hydrogen-bond donors (Lipinski definition) is 1. The predicted molar refractivity (Wildman–Crippen MR) is 80.7 cm³/mol. The van der Waals surface area contributed by atoms with E-state index in [1.165, 1.54) is 0 Å². The average molecular weight is 276 g/mol. The lowest BCUT2D eigenvalue weighted by Crippen LogP contribution is -1.97. The molecule has 0 saturated carbocycles. The normalized spacial score (nSPS) is 10.3. The zero-order chi connectivity index (χ0) is 14.8. The number of anilines is 1. The Balaban J connectivity index is 2.31. The van der Waals surface area contributed by atoms with Gasteiger partial charge in [0.25, 0.3) is 0 Å². The molecule has 3 rings (SSSR count). The average Bonchev–Trinajstić information content (AvgIpc) is 2.53. The smallest absolute Gasteiger partial charge is 0.220 e. The number of nitrogens with two attached hydrogens (primary N) is 1. The Kier molecular flexibility index (Phi) is 3.13. The predicted octanol–water partition coefficient (Wildman–Crippen LogP) is 2.76. The second kappa shape index (κ2) is 5.10. The lowest BCUT2D eigenvalue weighted by molar-refractivity contribution is 0.419. The van der Waals surface area contributed by atoms with Crippen LogP contribution in [0.4, 0.5) is 5.95 Å². The summed E-state index contributed by atoms with van der Waals surface area (Å²) in [5, 5.41) is 9.86. The van der Waals surface area contributed by atoms with E-state index < -0.39 is 0 Å². The monoisotopic (exact) mass is 276 g/mol. The van der Waals surface area contributed by atoms with Crippen molar-refractivity contribution in [3.05, 3.63) is 48.2 Å². The molecule has 0 aliphatic heterocycles. The van der Waals surface area contributed by atoms with Crippen LogP contribution >= 0.6 is 0 Å². The Morgan fingerprint density at radius 3 is 2.86 bits per heavy atom. The van der Waals surface area contributed by atoms with Crippen LogP contribution in [0.2, 0.25) is 0 Å². The van der Waals surface area contributed by atoms with Crippen molar-refractivity contribution in [2.75, 3.05) is 12.8 Å². The van der Waals surface area contributed by atoms with Crippen LogP contribution in [-0.4, -0.2) is 17.1 Å². The standard InChI is InChI=1S/C16H12N4O/c1-21-14-6-5-12(11-4-2-3-10(7-11)8-17)13-9-19-16(18)20-15(13)14/h2-7,9H,1H3,(H2,18,19,20). The van der Waals surface area contributed by atoms with Gasteiger partial charge in [-0.05, 0) is 35.4 Å². The fourth-order valence-electron chi connectivity index (χ4n) is 2.28. The zero-order valence-electron chi connectivity index (χ0n) is 11.4. The first-order valence-corrected chi connectivity index (χ1v) is 6.32. The van der Waals surface area contributed by atoms with Gasteiger partial charge in [0.2, 0.25) is 5.95 Å². The van der Waals surface area contributed by atoms with Crippen molar-refractivity contribution in [1.82, 2.24) is 9.97 Å². The van der Waals surface area contributed by atoms with Gasteiger partial charge < -0.3 is 10.5 Å². The van der Waals surface area contributed by atoms with E-state index >= 15 is 0 Å². The molecule has 0 saturated heterocycles. The maximum absolute atomic E-state index is 9.03. The van der Waals surface area contributed by atoms with E-state index in [0.717, 1.165) is 16.5 Å². The van der Waals surface area contributed by atoms with Crippen molar-refractivity contribution in [2.24, 2.45) is 0 Å². The summed E-state index contributed by atoms with van der Waals surface area (Å²) in [6.07, 6.45) is 1.68. The molecule has 3 aromatic rings. The summed E-state index contributed by atoms with van der Waals surface area (Å²) in [7, 11) is 1.59. The van der Waals surface area contributed by atoms with E-state index in [2.05, 4.69) is 16.0 Å². The van der Waals surface area contributed by atoms with Gasteiger partial charge in [-0.25, -0.2) is 9.97 Å². The molecule has 0 atom stereocenters. The minimum absolute atomic E-state index is 0.198. The molecule has 0 aliphatic rings. The summed E-state index contributed by atoms with van der Waals surface area (Å²) in [6.45, 7) is 0. The summed E-state index contributed by atoms with van der Waals surface area (Å²) >= 11 is 0. The van der Waals surface area contributed by atoms with Crippen LogP contribution < -0.4 is 10.5 Å². The van der Waals surface area contributed by atoms with Crippen LogP contribution in [0.1, 0.15) is 5.56 Å². The highest BCUT2D eigenvalue weighted by Gasteiger charge is 2.11. The third-order valence-electron chi connectivity index (χ3n) is 3.25. The highest BCUT2D eigenvalue weighted by molar-refractivity contribution is 5.97. The molecule has 0 radical (unpaired) electrons. The minimum Gasteiger partial charge on any atom is -0.494 e. The highest BCUT2D eigenvalue weighted by Crippen LogP contribution is 2.33. The summed E-state index contributed by atoms with van der Waals surface area (Å²) in [5.41, 5.74) is 8.78. The number of methoxy groups -OCH3 is 1. The molecule has 0 fully saturated rings. The van der Waals surface area contributed by atoms with Crippen LogP contribution in [-0.2, 0) is 0 Å². The number of fused-ring (bicyclic) bond motifs is 1. The molecule has 102 valence electrons. The fourth-order valence-corrected chi connectivity index (χ4v) is 2.28. The van der Waals surface area contributed by atoms with Gasteiger partial charge in [-0.2, -0.15) is 5.26 Å². The molecule has 2 N–H and O–H groups in total. The molecule has 0 aliphatic carbocycles. The van der Waals surface area contributed by atoms with E-state index in [9.17, 15) is 0 Å². The van der Waals surface area contributed by atoms with Gasteiger partial charge in [-0.1, -0.05) is 12.1 Å². The van der Waals surface area contributed by atoms with E-state index in [1.807, 2.05) is 30.3 Å². The number of nitrogens with zero attached hydrogens (tertiary/aromatic N) is 3. The summed E-state index contributed by atoms with van der Waals surface area (Å²) in [5.74, 6) is 0.836. The van der Waals surface area contributed by atoms with Gasteiger partial charge in [0.15, 0.2) is 0 Å². The Hall–Kier alpha value is -3.13. The summed E-state index contributed by atoms with van der Waals surface area (Å²) < 4.78 is 5.32. The van der Waals surface area contributed by atoms with E-state index in [-0.39, 0.29) is 5.95 Å². The first-order chi connectivity index (χ1) is 10.2. The summed E-state index contributed by atoms with van der Waals surface area (Å²) in [6, 6.07) is 13.3. The van der Waals surface area contributed by atoms with Crippen molar-refractivity contribution >= 4 is 16.9 Å². The zero-order valence-corrected chi connectivity index (χ0v) is 11.4. The Morgan fingerprint density at radius 1 is 1.24 bits per heavy atom. The topological polar surface area (TPSA) is 84.8 Å². The third-order valence-corrected chi connectivity index (χ3v) is 3.25. The third kappa shape index (κ3) is 2.23. The van der Waals surface area contributed by atoms with E-state index in [1.54, 1.807) is 19.4 Å². The van der Waals surface area contributed by atoms with E-state index in [0.29, 0.717) is 16.8 Å². The van der Waals surface area contributed by atoms with Crippen LogP contribution in [0.15, 0.2) is 42.6 Å². The van der Waals surface area contributed by atoms with Gasteiger partial charge in [-0.3, -0.25) is 0 Å². The van der Waals surface area contributed by atoms with Gasteiger partial charge >= 0.3 is 0 Å². The second-order valence-electron chi connectivity index (χ2n) is 4.50. The molecular formula is C16H12N4O. The van der Waals surface area contributed by atoms with Gasteiger partial charge in [-0.15, -0.1) is 0 Å². The van der Waals surface area contributed by atoms with Crippen molar-refractivity contribution in [1.29, 1.82) is 5.26 Å². The fraction of sp³-hybridized carbons (Fsp3) is 0.0625. The first-order valence-electron chi connectivity index (χ1n) is 6.32. The molecule has 0 spiro atoms. The number of ether oxygens (including phenoxy) is 1. The minimum atomic E-state index is 0.198. The van der Waals surface area contributed by atoms with Gasteiger partial charge in [0.05, 0.1) is 18.7 Å². The van der Waals surface area contributed by atoms with Crippen molar-refractivity contribution < 1.29 is 4.74 Å². The molecule has 0 amide bonds. The molecule has 1 aromatic heterocycles. The molecule has 0 bridgehead atoms. The second-order valence-corrected chi connectivity index (χ2v) is 4.50. The van der Waals surface area contributed by atoms with Crippen LogP contribution in [0.25, 0.3) is 22.0 Å². The van der Waals surface area contributed by atoms with Gasteiger partial charge in [0, 0.05) is 11.6 Å². The van der Waals surface area contributed by atoms with Crippen molar-refractivity contribution in [3.8, 4) is 22.9 Å². The van der Waals surface area contributed by atoms with E-state index in [4.69, 9.17) is 15.7 Å². The molecule has 2 aromatic carbocycles. The van der Waals surface area contributed by atoms with Crippen molar-refractivity contribution in [2.45, 2.75) is 0 Å². The van der Waals surface area contributed by atoms with Crippen LogP contribution in [0.3, 0.4) is 0 Å². The quantitative estimate of drug-likeness (QED) is 0.777. The lowest BCUT2D eigenvalue weighted by atomic mass is 9.99. The number of rotatable bonds is 2. The largest absolute Gasteiger partial charge is 0.494 e. The van der Waals surface area contributed by atoms with Crippen LogP contribution in [0.5, 0.6) is 5.75 Å².